The summed E-state index contributed by atoms with van der Waals surface area (Å²) in [7, 11) is 0.915. The molecule has 0 aromatic heterocycles. The first-order valence-corrected chi connectivity index (χ1v) is 10.9. The van der Waals surface area contributed by atoms with Crippen molar-refractivity contribution in [3.63, 3.8) is 0 Å². The Morgan fingerprint density at radius 1 is 1.20 bits per heavy atom. The largest absolute Gasteiger partial charge is 0.356 e. The van der Waals surface area contributed by atoms with Crippen LogP contribution in [0.5, 0.6) is 0 Å². The lowest BCUT2D eigenvalue weighted by atomic mass is 10.1. The molecule has 0 radical (unpaired) electrons. The quantitative estimate of drug-likeness (QED) is 0.551. The molecule has 1 unspecified atom stereocenters. The predicted molar refractivity (Wildman–Crippen MR) is 104 cm³/mol. The molecule has 2 aliphatic heterocycles. The maximum Gasteiger partial charge on any atom is 0.193 e. The number of likely N-dealkylation sites (N-methyl/N-ethyl adjacent to an activating group) is 1. The lowest BCUT2D eigenvalue weighted by Gasteiger charge is -2.39. The third-order valence-corrected chi connectivity index (χ3v) is 7.86. The number of guanidine groups is 1. The fourth-order valence-electron chi connectivity index (χ4n) is 3.46. The van der Waals surface area contributed by atoms with E-state index in [1.807, 2.05) is 0 Å². The standard InChI is InChI=1S/C17H35N5O2S/c1-15(13-21-8-6-20(5)7-9-21)12-19-16(18-4)22-10-11-25(23,24)17(2,3)14-22/h15H,6-14H2,1-5H3,(H,18,19). The summed E-state index contributed by atoms with van der Waals surface area (Å²) in [4.78, 5) is 11.3. The van der Waals surface area contributed by atoms with Gasteiger partial charge in [-0.15, -0.1) is 0 Å². The van der Waals surface area contributed by atoms with Crippen molar-refractivity contribution in [2.75, 3.05) is 72.2 Å². The highest BCUT2D eigenvalue weighted by atomic mass is 32.2. The number of piperazine rings is 1. The van der Waals surface area contributed by atoms with Crippen LogP contribution < -0.4 is 5.32 Å². The smallest absolute Gasteiger partial charge is 0.193 e. The molecule has 0 amide bonds. The lowest BCUT2D eigenvalue weighted by molar-refractivity contribution is 0.139. The van der Waals surface area contributed by atoms with Crippen LogP contribution in [-0.4, -0.2) is 106 Å². The number of aliphatic imine (C=N–C) groups is 1. The molecule has 8 heteroatoms. The Kier molecular flexibility index (Phi) is 6.73. The Labute approximate surface area is 153 Å². The molecule has 2 saturated heterocycles. The molecule has 0 aliphatic carbocycles. The van der Waals surface area contributed by atoms with E-state index in [-0.39, 0.29) is 5.75 Å². The van der Waals surface area contributed by atoms with Crippen molar-refractivity contribution < 1.29 is 8.42 Å². The molecule has 1 N–H and O–H groups in total. The van der Waals surface area contributed by atoms with Crippen molar-refractivity contribution in [3.05, 3.63) is 0 Å². The summed E-state index contributed by atoms with van der Waals surface area (Å²) in [5.41, 5.74) is 0. The van der Waals surface area contributed by atoms with E-state index < -0.39 is 14.6 Å². The highest BCUT2D eigenvalue weighted by Gasteiger charge is 2.40. The molecule has 0 aromatic rings. The van der Waals surface area contributed by atoms with Crippen molar-refractivity contribution in [3.8, 4) is 0 Å². The Hall–Kier alpha value is -0.860. The first kappa shape index (κ1) is 20.5. The van der Waals surface area contributed by atoms with Crippen LogP contribution in [0.3, 0.4) is 0 Å². The molecular formula is C17H35N5O2S. The molecule has 0 spiro atoms. The lowest BCUT2D eigenvalue weighted by Crippen LogP contribution is -2.57. The van der Waals surface area contributed by atoms with E-state index in [2.05, 4.69) is 39.0 Å². The minimum atomic E-state index is -3.03. The van der Waals surface area contributed by atoms with Gasteiger partial charge in [-0.25, -0.2) is 8.42 Å². The number of nitrogens with one attached hydrogen (secondary N) is 1. The Balaban J connectivity index is 1.82. The highest BCUT2D eigenvalue weighted by Crippen LogP contribution is 2.23. The van der Waals surface area contributed by atoms with E-state index in [0.717, 1.165) is 45.2 Å². The number of sulfone groups is 1. The highest BCUT2D eigenvalue weighted by molar-refractivity contribution is 7.92. The zero-order chi connectivity index (χ0) is 18.7. The van der Waals surface area contributed by atoms with Crippen LogP contribution in [-0.2, 0) is 9.84 Å². The fraction of sp³-hybridized carbons (Fsp3) is 0.941. The SMILES string of the molecule is CN=C(NCC(C)CN1CCN(C)CC1)N1CCS(=O)(=O)C(C)(C)C1. The summed E-state index contributed by atoms with van der Waals surface area (Å²) in [5.74, 6) is 1.52. The number of rotatable bonds is 4. The summed E-state index contributed by atoms with van der Waals surface area (Å²) >= 11 is 0. The Morgan fingerprint density at radius 3 is 2.40 bits per heavy atom. The van der Waals surface area contributed by atoms with Gasteiger partial charge in [-0.3, -0.25) is 4.99 Å². The Morgan fingerprint density at radius 2 is 1.84 bits per heavy atom. The van der Waals surface area contributed by atoms with Gasteiger partial charge in [-0.2, -0.15) is 0 Å². The zero-order valence-electron chi connectivity index (χ0n) is 16.5. The minimum Gasteiger partial charge on any atom is -0.356 e. The number of nitrogens with zero attached hydrogens (tertiary/aromatic N) is 4. The van der Waals surface area contributed by atoms with Crippen molar-refractivity contribution >= 4 is 15.8 Å². The third-order valence-electron chi connectivity index (χ3n) is 5.33. The molecule has 2 aliphatic rings. The zero-order valence-corrected chi connectivity index (χ0v) is 17.3. The first-order valence-electron chi connectivity index (χ1n) is 9.23. The van der Waals surface area contributed by atoms with E-state index >= 15 is 0 Å². The summed E-state index contributed by atoms with van der Waals surface area (Å²) in [6.45, 7) is 13.3. The summed E-state index contributed by atoms with van der Waals surface area (Å²) in [5, 5.41) is 3.45. The van der Waals surface area contributed by atoms with Gasteiger partial charge in [0.15, 0.2) is 15.8 Å². The van der Waals surface area contributed by atoms with Gasteiger partial charge in [-0.05, 0) is 26.8 Å². The van der Waals surface area contributed by atoms with Crippen LogP contribution >= 0.6 is 0 Å². The van der Waals surface area contributed by atoms with Crippen molar-refractivity contribution in [1.29, 1.82) is 0 Å². The summed E-state index contributed by atoms with van der Waals surface area (Å²) in [6, 6.07) is 0. The van der Waals surface area contributed by atoms with Crippen molar-refractivity contribution in [2.45, 2.75) is 25.5 Å². The van der Waals surface area contributed by atoms with Gasteiger partial charge < -0.3 is 20.0 Å². The molecule has 2 fully saturated rings. The van der Waals surface area contributed by atoms with Crippen LogP contribution in [0.25, 0.3) is 0 Å². The molecular weight excluding hydrogens is 338 g/mol. The minimum absolute atomic E-state index is 0.192. The van der Waals surface area contributed by atoms with Crippen LogP contribution in [0, 0.1) is 5.92 Å². The fourth-order valence-corrected chi connectivity index (χ4v) is 4.82. The maximum absolute atomic E-state index is 12.2. The molecule has 146 valence electrons. The van der Waals surface area contributed by atoms with Crippen molar-refractivity contribution in [1.82, 2.24) is 20.0 Å². The second-order valence-electron chi connectivity index (χ2n) is 8.14. The second-order valence-corrected chi connectivity index (χ2v) is 10.9. The molecule has 2 rings (SSSR count). The normalized spacial score (nSPS) is 26.4. The van der Waals surface area contributed by atoms with Crippen LogP contribution in [0.1, 0.15) is 20.8 Å². The van der Waals surface area contributed by atoms with Gasteiger partial charge in [0, 0.05) is 59.4 Å². The molecule has 0 saturated carbocycles. The summed E-state index contributed by atoms with van der Waals surface area (Å²) < 4.78 is 23.6. The molecule has 1 atom stereocenters. The Bertz CT molecular complexity index is 568. The molecule has 0 aromatic carbocycles. The van der Waals surface area contributed by atoms with Crippen LogP contribution in [0.15, 0.2) is 4.99 Å². The molecule has 25 heavy (non-hydrogen) atoms. The number of hydrogen-bond acceptors (Lipinski definition) is 5. The van der Waals surface area contributed by atoms with Crippen LogP contribution in [0.4, 0.5) is 0 Å². The van der Waals surface area contributed by atoms with Gasteiger partial charge in [0.05, 0.1) is 10.5 Å². The van der Waals surface area contributed by atoms with E-state index in [9.17, 15) is 8.42 Å². The van der Waals surface area contributed by atoms with E-state index in [4.69, 9.17) is 0 Å². The topological polar surface area (TPSA) is 68.2 Å². The van der Waals surface area contributed by atoms with Gasteiger partial charge in [0.2, 0.25) is 0 Å². The average molecular weight is 374 g/mol. The van der Waals surface area contributed by atoms with Gasteiger partial charge in [0.25, 0.3) is 0 Å². The molecule has 7 nitrogen and oxygen atoms in total. The second kappa shape index (κ2) is 8.22. The average Bonchev–Trinajstić information content (AvgIpc) is 2.53. The third kappa shape index (κ3) is 5.31. The van der Waals surface area contributed by atoms with E-state index in [1.54, 1.807) is 20.9 Å². The summed E-state index contributed by atoms with van der Waals surface area (Å²) in [6.07, 6.45) is 0. The van der Waals surface area contributed by atoms with Gasteiger partial charge in [-0.1, -0.05) is 6.92 Å². The molecule has 2 heterocycles. The monoisotopic (exact) mass is 373 g/mol. The molecule has 0 bridgehead atoms. The van der Waals surface area contributed by atoms with E-state index in [1.165, 1.54) is 0 Å². The first-order chi connectivity index (χ1) is 11.6. The van der Waals surface area contributed by atoms with Crippen LogP contribution in [0.2, 0.25) is 0 Å². The van der Waals surface area contributed by atoms with Gasteiger partial charge >= 0.3 is 0 Å². The van der Waals surface area contributed by atoms with Gasteiger partial charge in [0.1, 0.15) is 0 Å². The van der Waals surface area contributed by atoms with E-state index in [0.29, 0.717) is 19.0 Å². The van der Waals surface area contributed by atoms with Crippen molar-refractivity contribution in [2.24, 2.45) is 10.9 Å². The maximum atomic E-state index is 12.2. The predicted octanol–water partition coefficient (Wildman–Crippen LogP) is -0.0457. The number of hydrogen-bond donors (Lipinski definition) is 1.